The molecule has 0 atom stereocenters. The van der Waals surface area contributed by atoms with Crippen LogP contribution in [0.5, 0.6) is 0 Å². The van der Waals surface area contributed by atoms with Gasteiger partial charge >= 0.3 is 0 Å². The molecule has 0 spiro atoms. The number of hydrogen-bond acceptors (Lipinski definition) is 3. The van der Waals surface area contributed by atoms with Gasteiger partial charge in [0.1, 0.15) is 12.4 Å². The Kier molecular flexibility index (Phi) is 4.40. The predicted molar refractivity (Wildman–Crippen MR) is 79.0 cm³/mol. The first kappa shape index (κ1) is 14.1. The lowest BCUT2D eigenvalue weighted by Crippen LogP contribution is -2.27. The zero-order chi connectivity index (χ0) is 14.5. The van der Waals surface area contributed by atoms with E-state index in [4.69, 9.17) is 5.73 Å². The number of benzene rings is 1. The van der Waals surface area contributed by atoms with Crippen molar-refractivity contribution in [2.45, 2.75) is 32.9 Å². The maximum Gasteiger partial charge on any atom is 0.241 e. The molecule has 5 heteroatoms. The van der Waals surface area contributed by atoms with Crippen molar-refractivity contribution in [2.24, 2.45) is 0 Å². The molecule has 2 rings (SSSR count). The van der Waals surface area contributed by atoms with Crippen LogP contribution in [-0.2, 0) is 17.9 Å². The van der Waals surface area contributed by atoms with Gasteiger partial charge in [0.2, 0.25) is 5.91 Å². The molecule has 0 fully saturated rings. The van der Waals surface area contributed by atoms with E-state index in [-0.39, 0.29) is 12.5 Å². The highest BCUT2D eigenvalue weighted by Gasteiger charge is 2.04. The molecule has 0 bridgehead atoms. The van der Waals surface area contributed by atoms with Gasteiger partial charge in [-0.25, -0.2) is 0 Å². The van der Waals surface area contributed by atoms with E-state index in [2.05, 4.69) is 36.4 Å². The van der Waals surface area contributed by atoms with E-state index in [0.717, 1.165) is 5.56 Å². The van der Waals surface area contributed by atoms with Gasteiger partial charge in [0, 0.05) is 12.7 Å². The van der Waals surface area contributed by atoms with Crippen LogP contribution in [0.1, 0.15) is 30.9 Å². The fourth-order valence-corrected chi connectivity index (χ4v) is 1.89. The summed E-state index contributed by atoms with van der Waals surface area (Å²) in [7, 11) is 0. The third kappa shape index (κ3) is 3.85. The lowest BCUT2D eigenvalue weighted by Gasteiger charge is -2.08. The average molecular weight is 272 g/mol. The average Bonchev–Trinajstić information content (AvgIpc) is 2.82. The zero-order valence-electron chi connectivity index (χ0n) is 11.8. The van der Waals surface area contributed by atoms with Crippen LogP contribution in [0, 0.1) is 0 Å². The number of hydrogen-bond donors (Lipinski definition) is 2. The van der Waals surface area contributed by atoms with Gasteiger partial charge in [-0.2, -0.15) is 5.10 Å². The number of nitrogens with zero attached hydrogens (tertiary/aromatic N) is 2. The van der Waals surface area contributed by atoms with Crippen LogP contribution in [0.4, 0.5) is 5.82 Å². The number of carbonyl (C=O) groups excluding carboxylic acids is 1. The fraction of sp³-hybridized carbons (Fsp3) is 0.333. The van der Waals surface area contributed by atoms with E-state index in [1.807, 2.05) is 12.1 Å². The summed E-state index contributed by atoms with van der Waals surface area (Å²) >= 11 is 0. The third-order valence-corrected chi connectivity index (χ3v) is 3.10. The summed E-state index contributed by atoms with van der Waals surface area (Å²) in [5.74, 6) is 0.854. The van der Waals surface area contributed by atoms with E-state index in [0.29, 0.717) is 18.3 Å². The Labute approximate surface area is 118 Å². The summed E-state index contributed by atoms with van der Waals surface area (Å²) in [6.07, 6.45) is 1.69. The van der Waals surface area contributed by atoms with Crippen LogP contribution in [0.15, 0.2) is 36.5 Å². The van der Waals surface area contributed by atoms with Crippen LogP contribution in [0.3, 0.4) is 0 Å². The third-order valence-electron chi connectivity index (χ3n) is 3.10. The molecule has 2 aromatic rings. The second kappa shape index (κ2) is 6.23. The van der Waals surface area contributed by atoms with E-state index < -0.39 is 0 Å². The number of anilines is 1. The molecular weight excluding hydrogens is 252 g/mol. The molecule has 0 aliphatic rings. The van der Waals surface area contributed by atoms with E-state index in [9.17, 15) is 4.79 Å². The van der Waals surface area contributed by atoms with Crippen LogP contribution in [-0.4, -0.2) is 15.7 Å². The number of nitrogen functional groups attached to an aromatic ring is 1. The Morgan fingerprint density at radius 3 is 2.55 bits per heavy atom. The lowest BCUT2D eigenvalue weighted by atomic mass is 10.0. The molecule has 0 aliphatic heterocycles. The molecule has 5 nitrogen and oxygen atoms in total. The molecule has 0 aliphatic carbocycles. The van der Waals surface area contributed by atoms with Crippen LogP contribution >= 0.6 is 0 Å². The Balaban J connectivity index is 1.83. The van der Waals surface area contributed by atoms with E-state index in [1.165, 1.54) is 10.2 Å². The second-order valence-corrected chi connectivity index (χ2v) is 5.11. The fourth-order valence-electron chi connectivity index (χ4n) is 1.89. The molecule has 20 heavy (non-hydrogen) atoms. The number of amides is 1. The van der Waals surface area contributed by atoms with Gasteiger partial charge in [-0.15, -0.1) is 0 Å². The van der Waals surface area contributed by atoms with Crippen molar-refractivity contribution in [3.8, 4) is 0 Å². The quantitative estimate of drug-likeness (QED) is 0.873. The first-order valence-corrected chi connectivity index (χ1v) is 6.69. The first-order valence-electron chi connectivity index (χ1n) is 6.69. The van der Waals surface area contributed by atoms with Crippen molar-refractivity contribution in [2.75, 3.05) is 5.73 Å². The molecule has 106 valence electrons. The van der Waals surface area contributed by atoms with Gasteiger partial charge in [0.25, 0.3) is 0 Å². The first-order chi connectivity index (χ1) is 9.54. The smallest absolute Gasteiger partial charge is 0.241 e. The van der Waals surface area contributed by atoms with Gasteiger partial charge in [-0.05, 0) is 23.1 Å². The topological polar surface area (TPSA) is 72.9 Å². The van der Waals surface area contributed by atoms with E-state index in [1.54, 1.807) is 12.3 Å². The van der Waals surface area contributed by atoms with Gasteiger partial charge in [0.05, 0.1) is 0 Å². The number of carbonyl (C=O) groups is 1. The van der Waals surface area contributed by atoms with Crippen molar-refractivity contribution < 1.29 is 4.79 Å². The minimum absolute atomic E-state index is 0.0824. The highest BCUT2D eigenvalue weighted by atomic mass is 16.2. The molecule has 1 heterocycles. The number of nitrogens with two attached hydrogens (primary N) is 1. The molecular formula is C15H20N4O. The van der Waals surface area contributed by atoms with Crippen molar-refractivity contribution in [1.29, 1.82) is 0 Å². The number of aromatic nitrogens is 2. The molecule has 0 saturated heterocycles. The highest BCUT2D eigenvalue weighted by molar-refractivity contribution is 5.75. The van der Waals surface area contributed by atoms with Gasteiger partial charge in [-0.3, -0.25) is 9.48 Å². The summed E-state index contributed by atoms with van der Waals surface area (Å²) in [5.41, 5.74) is 7.88. The predicted octanol–water partition coefficient (Wildman–Crippen LogP) is 1.91. The SMILES string of the molecule is CC(C)c1ccc(CNC(=O)Cn2ccc(N)n2)cc1. The maximum absolute atomic E-state index is 11.8. The minimum atomic E-state index is -0.0824. The van der Waals surface area contributed by atoms with Crippen molar-refractivity contribution in [1.82, 2.24) is 15.1 Å². The van der Waals surface area contributed by atoms with Crippen molar-refractivity contribution >= 4 is 11.7 Å². The summed E-state index contributed by atoms with van der Waals surface area (Å²) in [4.78, 5) is 11.8. The number of nitrogens with one attached hydrogen (secondary N) is 1. The monoisotopic (exact) mass is 272 g/mol. The molecule has 1 aromatic carbocycles. The Bertz CT molecular complexity index is 572. The van der Waals surface area contributed by atoms with Crippen LogP contribution < -0.4 is 11.1 Å². The van der Waals surface area contributed by atoms with Gasteiger partial charge in [-0.1, -0.05) is 38.1 Å². The molecule has 3 N–H and O–H groups in total. The normalized spacial score (nSPS) is 10.8. The van der Waals surface area contributed by atoms with Crippen molar-refractivity contribution in [3.63, 3.8) is 0 Å². The van der Waals surface area contributed by atoms with Gasteiger partial charge < -0.3 is 11.1 Å². The van der Waals surface area contributed by atoms with Crippen LogP contribution in [0.2, 0.25) is 0 Å². The second-order valence-electron chi connectivity index (χ2n) is 5.11. The number of rotatable bonds is 5. The summed E-state index contributed by atoms with van der Waals surface area (Å²) < 4.78 is 1.52. The molecule has 1 aromatic heterocycles. The Hall–Kier alpha value is -2.30. The van der Waals surface area contributed by atoms with Gasteiger partial charge in [0.15, 0.2) is 0 Å². The molecule has 0 unspecified atom stereocenters. The lowest BCUT2D eigenvalue weighted by molar-refractivity contribution is -0.122. The highest BCUT2D eigenvalue weighted by Crippen LogP contribution is 2.14. The van der Waals surface area contributed by atoms with E-state index >= 15 is 0 Å². The summed E-state index contributed by atoms with van der Waals surface area (Å²) in [6, 6.07) is 9.95. The standard InChI is InChI=1S/C15H20N4O/c1-11(2)13-5-3-12(4-6-13)9-17-15(20)10-19-8-7-14(16)18-19/h3-8,11H,9-10H2,1-2H3,(H2,16,18)(H,17,20). The molecule has 0 saturated carbocycles. The van der Waals surface area contributed by atoms with Crippen LogP contribution in [0.25, 0.3) is 0 Å². The largest absolute Gasteiger partial charge is 0.382 e. The minimum Gasteiger partial charge on any atom is -0.382 e. The molecule has 1 amide bonds. The molecule has 0 radical (unpaired) electrons. The van der Waals surface area contributed by atoms with Crippen molar-refractivity contribution in [3.05, 3.63) is 47.7 Å². The summed E-state index contributed by atoms with van der Waals surface area (Å²) in [6.45, 7) is 5.02. The maximum atomic E-state index is 11.8. The Morgan fingerprint density at radius 2 is 2.00 bits per heavy atom. The Morgan fingerprint density at radius 1 is 1.30 bits per heavy atom. The zero-order valence-corrected chi connectivity index (χ0v) is 11.8. The summed E-state index contributed by atoms with van der Waals surface area (Å²) in [5, 5.41) is 6.84.